The van der Waals surface area contributed by atoms with Crippen LogP contribution in [0.25, 0.3) is 5.52 Å². The lowest BCUT2D eigenvalue weighted by molar-refractivity contribution is -0.0757. The van der Waals surface area contributed by atoms with Gasteiger partial charge >= 0.3 is 5.97 Å². The van der Waals surface area contributed by atoms with Crippen molar-refractivity contribution in [1.82, 2.24) is 9.61 Å². The first-order chi connectivity index (χ1) is 16.9. The summed E-state index contributed by atoms with van der Waals surface area (Å²) >= 11 is 0. The van der Waals surface area contributed by atoms with Crippen molar-refractivity contribution in [3.8, 4) is 17.2 Å². The van der Waals surface area contributed by atoms with Gasteiger partial charge in [0.05, 0.1) is 39.2 Å². The molecule has 0 spiro atoms. The zero-order valence-corrected chi connectivity index (χ0v) is 20.5. The number of aromatic nitrogens is 2. The third-order valence-electron chi connectivity index (χ3n) is 6.62. The Morgan fingerprint density at radius 3 is 2.26 bits per heavy atom. The van der Waals surface area contributed by atoms with E-state index in [0.717, 1.165) is 31.2 Å². The van der Waals surface area contributed by atoms with Gasteiger partial charge in [-0.3, -0.25) is 0 Å². The van der Waals surface area contributed by atoms with Crippen molar-refractivity contribution in [2.75, 3.05) is 21.3 Å². The summed E-state index contributed by atoms with van der Waals surface area (Å²) in [7, 11) is 4.68. The van der Waals surface area contributed by atoms with E-state index in [1.54, 1.807) is 38.5 Å². The number of carboxylic acid groups (broad SMARTS) is 1. The zero-order valence-electron chi connectivity index (χ0n) is 20.5. The van der Waals surface area contributed by atoms with Crippen molar-refractivity contribution in [1.29, 1.82) is 0 Å². The van der Waals surface area contributed by atoms with Crippen LogP contribution in [-0.2, 0) is 11.2 Å². The van der Waals surface area contributed by atoms with Gasteiger partial charge in [-0.25, -0.2) is 9.31 Å². The molecule has 1 fully saturated rings. The average Bonchev–Trinajstić information content (AvgIpc) is 3.52. The summed E-state index contributed by atoms with van der Waals surface area (Å²) < 4.78 is 24.2. The van der Waals surface area contributed by atoms with E-state index in [-0.39, 0.29) is 18.2 Å². The summed E-state index contributed by atoms with van der Waals surface area (Å²) in [4.78, 5) is 11.7. The van der Waals surface area contributed by atoms with Crippen LogP contribution in [0.3, 0.4) is 0 Å². The number of carboxylic acids is 1. The summed E-state index contributed by atoms with van der Waals surface area (Å²) in [5.74, 6) is 0.642. The Kier molecular flexibility index (Phi) is 7.47. The summed E-state index contributed by atoms with van der Waals surface area (Å²) in [6.07, 6.45) is 2.78. The Morgan fingerprint density at radius 1 is 1.06 bits per heavy atom. The molecule has 2 aromatic heterocycles. The molecule has 35 heavy (non-hydrogen) atoms. The molecule has 0 aliphatic heterocycles. The quantitative estimate of drug-likeness (QED) is 0.445. The second kappa shape index (κ2) is 10.5. The summed E-state index contributed by atoms with van der Waals surface area (Å²) in [5.41, 5.74) is 2.60. The molecular weight excluding hydrogens is 452 g/mol. The molecule has 3 aromatic rings. The van der Waals surface area contributed by atoms with E-state index >= 15 is 0 Å². The van der Waals surface area contributed by atoms with Crippen LogP contribution in [0, 0.1) is 6.92 Å². The van der Waals surface area contributed by atoms with Crippen LogP contribution in [0.2, 0.25) is 0 Å². The van der Waals surface area contributed by atoms with E-state index in [1.807, 2.05) is 6.92 Å². The standard InChI is InChI=1S/C26H32N2O7/c1-15-22(33-3)11-16(12-23(15)34-4)25(29)24(35-18-7-5-6-8-18)14-17-13-20-21(32-2)10-9-19(26(30)31)28(20)27-17/h9-13,18,24-25,29H,5-8,14H2,1-4H3,(H,30,31)/t24-,25+/m0/s1. The first-order valence-corrected chi connectivity index (χ1v) is 11.7. The minimum atomic E-state index is -1.09. The maximum Gasteiger partial charge on any atom is 0.354 e. The van der Waals surface area contributed by atoms with E-state index in [1.165, 1.54) is 17.7 Å². The number of hydrogen-bond acceptors (Lipinski definition) is 7. The van der Waals surface area contributed by atoms with E-state index in [4.69, 9.17) is 18.9 Å². The molecule has 188 valence electrons. The number of pyridine rings is 1. The maximum absolute atomic E-state index is 11.7. The second-order valence-corrected chi connectivity index (χ2v) is 8.81. The molecule has 0 bridgehead atoms. The van der Waals surface area contributed by atoms with Crippen molar-refractivity contribution in [3.63, 3.8) is 0 Å². The zero-order chi connectivity index (χ0) is 25.1. The second-order valence-electron chi connectivity index (χ2n) is 8.81. The average molecular weight is 485 g/mol. The summed E-state index contributed by atoms with van der Waals surface area (Å²) in [6.45, 7) is 1.89. The Balaban J connectivity index is 1.71. The fourth-order valence-electron chi connectivity index (χ4n) is 4.74. The largest absolute Gasteiger partial charge is 0.496 e. The molecule has 1 aromatic carbocycles. The molecule has 2 atom stereocenters. The number of aliphatic hydroxyl groups is 1. The molecule has 2 N–H and O–H groups in total. The Hall–Kier alpha value is -3.30. The van der Waals surface area contributed by atoms with Gasteiger partial charge in [-0.2, -0.15) is 5.10 Å². The first-order valence-electron chi connectivity index (χ1n) is 11.7. The van der Waals surface area contributed by atoms with Crippen molar-refractivity contribution < 1.29 is 34.0 Å². The molecule has 2 heterocycles. The number of aliphatic hydroxyl groups excluding tert-OH is 1. The molecule has 1 aliphatic rings. The molecule has 0 saturated heterocycles. The Labute approximate surface area is 204 Å². The molecule has 0 radical (unpaired) electrons. The number of benzene rings is 1. The SMILES string of the molecule is COc1cc([C@@H](O)[C@H](Cc2cc3c(OC)ccc(C(=O)O)n3n2)OC2CCCC2)cc(OC)c1C. The highest BCUT2D eigenvalue weighted by atomic mass is 16.5. The van der Waals surface area contributed by atoms with Gasteiger partial charge in [0, 0.05) is 12.0 Å². The number of methoxy groups -OCH3 is 3. The highest BCUT2D eigenvalue weighted by Gasteiger charge is 2.30. The molecule has 9 heteroatoms. The van der Waals surface area contributed by atoms with Crippen molar-refractivity contribution in [2.24, 2.45) is 0 Å². The number of nitrogens with zero attached hydrogens (tertiary/aromatic N) is 2. The van der Waals surface area contributed by atoms with Crippen LogP contribution in [0.4, 0.5) is 0 Å². The van der Waals surface area contributed by atoms with Gasteiger partial charge in [0.1, 0.15) is 28.9 Å². The van der Waals surface area contributed by atoms with Gasteiger partial charge in [0.15, 0.2) is 5.69 Å². The van der Waals surface area contributed by atoms with Crippen LogP contribution < -0.4 is 14.2 Å². The first kappa shape index (κ1) is 24.8. The molecule has 1 aliphatic carbocycles. The lowest BCUT2D eigenvalue weighted by Crippen LogP contribution is -2.29. The highest BCUT2D eigenvalue weighted by Crippen LogP contribution is 2.36. The highest BCUT2D eigenvalue weighted by molar-refractivity contribution is 5.87. The smallest absolute Gasteiger partial charge is 0.354 e. The lowest BCUT2D eigenvalue weighted by Gasteiger charge is -2.27. The predicted octanol–water partition coefficient (Wildman–Crippen LogP) is 3.97. The molecule has 0 amide bonds. The third kappa shape index (κ3) is 5.06. The van der Waals surface area contributed by atoms with Crippen molar-refractivity contribution in [3.05, 3.63) is 52.8 Å². The number of rotatable bonds is 10. The van der Waals surface area contributed by atoms with Gasteiger partial charge in [-0.05, 0) is 55.7 Å². The van der Waals surface area contributed by atoms with Gasteiger partial charge < -0.3 is 29.2 Å². The number of hydrogen-bond donors (Lipinski definition) is 2. The molecule has 9 nitrogen and oxygen atoms in total. The summed E-state index contributed by atoms with van der Waals surface area (Å²) in [5, 5.41) is 25.6. The van der Waals surface area contributed by atoms with Crippen LogP contribution in [0.15, 0.2) is 30.3 Å². The van der Waals surface area contributed by atoms with Crippen molar-refractivity contribution in [2.45, 2.75) is 57.3 Å². The van der Waals surface area contributed by atoms with Crippen molar-refractivity contribution >= 4 is 11.5 Å². The Bertz CT molecular complexity index is 1170. The topological polar surface area (TPSA) is 112 Å². The molecule has 4 rings (SSSR count). The number of fused-ring (bicyclic) bond motifs is 1. The minimum Gasteiger partial charge on any atom is -0.496 e. The normalized spacial score (nSPS) is 15.8. The lowest BCUT2D eigenvalue weighted by atomic mass is 9.98. The van der Waals surface area contributed by atoms with Crippen LogP contribution in [-0.4, -0.2) is 59.3 Å². The molecular formula is C26H32N2O7. The Morgan fingerprint density at radius 2 is 1.69 bits per heavy atom. The summed E-state index contributed by atoms with van der Waals surface area (Å²) in [6, 6.07) is 8.43. The van der Waals surface area contributed by atoms with E-state index < -0.39 is 18.2 Å². The third-order valence-corrected chi connectivity index (χ3v) is 6.62. The number of carbonyl (C=O) groups is 1. The van der Waals surface area contributed by atoms with E-state index in [0.29, 0.717) is 34.0 Å². The predicted molar refractivity (Wildman–Crippen MR) is 129 cm³/mol. The van der Waals surface area contributed by atoms with Gasteiger partial charge in [0.2, 0.25) is 0 Å². The number of aromatic carboxylic acids is 1. The maximum atomic E-state index is 11.7. The van der Waals surface area contributed by atoms with Gasteiger partial charge in [-0.1, -0.05) is 12.8 Å². The van der Waals surface area contributed by atoms with Crippen LogP contribution in [0.5, 0.6) is 17.2 Å². The van der Waals surface area contributed by atoms with Crippen LogP contribution >= 0.6 is 0 Å². The van der Waals surface area contributed by atoms with E-state index in [9.17, 15) is 15.0 Å². The number of ether oxygens (including phenoxy) is 4. The monoisotopic (exact) mass is 484 g/mol. The van der Waals surface area contributed by atoms with Gasteiger partial charge in [-0.15, -0.1) is 0 Å². The molecule has 0 unspecified atom stereocenters. The van der Waals surface area contributed by atoms with E-state index in [2.05, 4.69) is 5.10 Å². The fourth-order valence-corrected chi connectivity index (χ4v) is 4.74. The molecule has 1 saturated carbocycles. The fraction of sp³-hybridized carbons (Fsp3) is 0.462. The van der Waals surface area contributed by atoms with Gasteiger partial charge in [0.25, 0.3) is 0 Å². The minimum absolute atomic E-state index is 0.0221. The van der Waals surface area contributed by atoms with Crippen LogP contribution in [0.1, 0.15) is 59.1 Å².